The molecule has 3 aromatic rings. The normalized spacial score (nSPS) is 17.3. The zero-order valence-corrected chi connectivity index (χ0v) is 13.7. The van der Waals surface area contributed by atoms with Gasteiger partial charge in [0.05, 0.1) is 17.3 Å². The number of nitrogens with one attached hydrogen (secondary N) is 2. The van der Waals surface area contributed by atoms with E-state index in [1.807, 2.05) is 34.5 Å². The van der Waals surface area contributed by atoms with Crippen LogP contribution in [0.5, 0.6) is 0 Å². The van der Waals surface area contributed by atoms with Gasteiger partial charge in [-0.05, 0) is 12.5 Å². The lowest BCUT2D eigenvalue weighted by Crippen LogP contribution is -2.38. The molecule has 0 spiro atoms. The van der Waals surface area contributed by atoms with E-state index >= 15 is 0 Å². The molecule has 2 N–H and O–H groups in total. The first-order valence-electron chi connectivity index (χ1n) is 7.77. The Morgan fingerprint density at radius 3 is 3.04 bits per heavy atom. The number of nitrogens with zero attached hydrogens (tertiary/aromatic N) is 2. The fraction of sp³-hybridized carbons (Fsp3) is 0.235. The fourth-order valence-corrected chi connectivity index (χ4v) is 3.95. The molecular weight excluding hydrogens is 324 g/mol. The van der Waals surface area contributed by atoms with Crippen LogP contribution in [-0.2, 0) is 0 Å². The average Bonchev–Trinajstić information content (AvgIpc) is 3.34. The zero-order valence-electron chi connectivity index (χ0n) is 12.9. The molecule has 1 aliphatic rings. The number of thiophene rings is 1. The van der Waals surface area contributed by atoms with E-state index in [4.69, 9.17) is 0 Å². The van der Waals surface area contributed by atoms with E-state index in [0.29, 0.717) is 18.7 Å². The Kier molecular flexibility index (Phi) is 3.78. The van der Waals surface area contributed by atoms with Gasteiger partial charge in [0.2, 0.25) is 0 Å². The monoisotopic (exact) mass is 340 g/mol. The van der Waals surface area contributed by atoms with Crippen LogP contribution in [0.2, 0.25) is 0 Å². The predicted molar refractivity (Wildman–Crippen MR) is 92.2 cm³/mol. The first kappa shape index (κ1) is 14.9. The third-order valence-electron chi connectivity index (χ3n) is 4.28. The van der Waals surface area contributed by atoms with Crippen molar-refractivity contribution in [3.8, 4) is 0 Å². The molecule has 1 saturated heterocycles. The Bertz CT molecular complexity index is 887. The summed E-state index contributed by atoms with van der Waals surface area (Å²) in [5.41, 5.74) is 1.25. The molecule has 7 heteroatoms. The van der Waals surface area contributed by atoms with E-state index < -0.39 is 0 Å². The highest BCUT2D eigenvalue weighted by atomic mass is 32.1. The van der Waals surface area contributed by atoms with Crippen molar-refractivity contribution in [3.05, 3.63) is 53.2 Å². The van der Waals surface area contributed by atoms with Gasteiger partial charge in [0.15, 0.2) is 0 Å². The molecular formula is C17H16N4O2S. The van der Waals surface area contributed by atoms with Gasteiger partial charge in [-0.3, -0.25) is 14.7 Å². The third kappa shape index (κ3) is 2.67. The zero-order chi connectivity index (χ0) is 16.5. The first-order chi connectivity index (χ1) is 11.7. The summed E-state index contributed by atoms with van der Waals surface area (Å²) in [6, 6.07) is 7.90. The molecule has 6 nitrogen and oxygen atoms in total. The van der Waals surface area contributed by atoms with Gasteiger partial charge in [-0.1, -0.05) is 18.2 Å². The van der Waals surface area contributed by atoms with Crippen LogP contribution in [0.4, 0.5) is 0 Å². The molecule has 122 valence electrons. The third-order valence-corrected chi connectivity index (χ3v) is 5.25. The minimum atomic E-state index is -0.163. The molecule has 0 aliphatic carbocycles. The lowest BCUT2D eigenvalue weighted by atomic mass is 10.1. The summed E-state index contributed by atoms with van der Waals surface area (Å²) in [5, 5.41) is 12.3. The summed E-state index contributed by atoms with van der Waals surface area (Å²) < 4.78 is 1.12. The lowest BCUT2D eigenvalue weighted by molar-refractivity contribution is 0.0785. The van der Waals surface area contributed by atoms with E-state index in [-0.39, 0.29) is 17.9 Å². The molecule has 0 unspecified atom stereocenters. The summed E-state index contributed by atoms with van der Waals surface area (Å²) in [4.78, 5) is 26.7. The molecule has 1 aliphatic heterocycles. The van der Waals surface area contributed by atoms with Crippen LogP contribution in [0.1, 0.15) is 27.1 Å². The summed E-state index contributed by atoms with van der Waals surface area (Å²) in [6.07, 6.45) is 3.81. The van der Waals surface area contributed by atoms with Gasteiger partial charge >= 0.3 is 0 Å². The number of carbonyl (C=O) groups is 2. The number of fused-ring (bicyclic) bond motifs is 1. The summed E-state index contributed by atoms with van der Waals surface area (Å²) in [5.74, 6) is -0.128. The maximum absolute atomic E-state index is 12.8. The largest absolute Gasteiger partial charge is 0.347 e. The molecule has 24 heavy (non-hydrogen) atoms. The van der Waals surface area contributed by atoms with Gasteiger partial charge in [0, 0.05) is 40.8 Å². The van der Waals surface area contributed by atoms with Crippen molar-refractivity contribution >= 4 is 33.2 Å². The van der Waals surface area contributed by atoms with Crippen molar-refractivity contribution < 1.29 is 9.59 Å². The molecule has 0 radical (unpaired) electrons. The molecule has 1 fully saturated rings. The van der Waals surface area contributed by atoms with Crippen molar-refractivity contribution in [2.24, 2.45) is 0 Å². The van der Waals surface area contributed by atoms with Gasteiger partial charge in [0.1, 0.15) is 0 Å². The van der Waals surface area contributed by atoms with Crippen LogP contribution < -0.4 is 5.32 Å². The number of amides is 2. The van der Waals surface area contributed by atoms with E-state index in [2.05, 4.69) is 15.5 Å². The Hall–Kier alpha value is -2.67. The molecule has 1 atom stereocenters. The molecule has 1 aromatic carbocycles. The van der Waals surface area contributed by atoms with Gasteiger partial charge in [0.25, 0.3) is 11.8 Å². The van der Waals surface area contributed by atoms with Gasteiger partial charge in [-0.2, -0.15) is 5.10 Å². The highest BCUT2D eigenvalue weighted by molar-refractivity contribution is 7.17. The highest BCUT2D eigenvalue weighted by Gasteiger charge is 2.29. The van der Waals surface area contributed by atoms with Crippen LogP contribution in [0.3, 0.4) is 0 Å². The maximum atomic E-state index is 12.8. The number of rotatable bonds is 3. The first-order valence-corrected chi connectivity index (χ1v) is 8.65. The van der Waals surface area contributed by atoms with E-state index in [9.17, 15) is 9.59 Å². The van der Waals surface area contributed by atoms with Gasteiger partial charge in [-0.25, -0.2) is 0 Å². The fourth-order valence-electron chi connectivity index (χ4n) is 3.02. The standard InChI is InChI=1S/C17H16N4O2S/c22-16(11-7-18-19-8-11)20-12-5-6-21(9-12)17(23)14-10-24-15-4-2-1-3-13(14)15/h1-4,7-8,10,12H,5-6,9H2,(H,18,19)(H,20,22)/t12-/m1/s1. The van der Waals surface area contributed by atoms with Crippen LogP contribution in [0.25, 0.3) is 10.1 Å². The summed E-state index contributed by atoms with van der Waals surface area (Å²) >= 11 is 1.58. The number of aromatic amines is 1. The number of H-pyrrole nitrogens is 1. The number of carbonyl (C=O) groups excluding carboxylic acids is 2. The summed E-state index contributed by atoms with van der Waals surface area (Å²) in [7, 11) is 0. The molecule has 3 heterocycles. The van der Waals surface area contributed by atoms with Gasteiger partial charge < -0.3 is 10.2 Å². The van der Waals surface area contributed by atoms with E-state index in [0.717, 1.165) is 22.1 Å². The molecule has 0 saturated carbocycles. The number of hydrogen-bond acceptors (Lipinski definition) is 4. The Balaban J connectivity index is 1.45. The number of aromatic nitrogens is 2. The topological polar surface area (TPSA) is 78.1 Å². The van der Waals surface area contributed by atoms with Crippen molar-refractivity contribution in [1.82, 2.24) is 20.4 Å². The smallest absolute Gasteiger partial charge is 0.255 e. The van der Waals surface area contributed by atoms with Crippen LogP contribution in [-0.4, -0.2) is 46.0 Å². The Morgan fingerprint density at radius 1 is 1.33 bits per heavy atom. The second kappa shape index (κ2) is 6.09. The van der Waals surface area contributed by atoms with Crippen molar-refractivity contribution in [2.75, 3.05) is 13.1 Å². The molecule has 2 aromatic heterocycles. The minimum Gasteiger partial charge on any atom is -0.347 e. The van der Waals surface area contributed by atoms with Crippen LogP contribution in [0.15, 0.2) is 42.0 Å². The minimum absolute atomic E-state index is 0.0266. The summed E-state index contributed by atoms with van der Waals surface area (Å²) in [6.45, 7) is 1.19. The molecule has 2 amide bonds. The number of benzene rings is 1. The van der Waals surface area contributed by atoms with E-state index in [1.54, 1.807) is 17.5 Å². The predicted octanol–water partition coefficient (Wildman–Crippen LogP) is 2.27. The Morgan fingerprint density at radius 2 is 2.21 bits per heavy atom. The second-order valence-corrected chi connectivity index (χ2v) is 6.75. The average molecular weight is 340 g/mol. The Labute approximate surface area is 142 Å². The lowest BCUT2D eigenvalue weighted by Gasteiger charge is -2.16. The van der Waals surface area contributed by atoms with Crippen molar-refractivity contribution in [1.29, 1.82) is 0 Å². The van der Waals surface area contributed by atoms with Crippen molar-refractivity contribution in [2.45, 2.75) is 12.5 Å². The van der Waals surface area contributed by atoms with Crippen molar-refractivity contribution in [3.63, 3.8) is 0 Å². The van der Waals surface area contributed by atoms with E-state index in [1.165, 1.54) is 6.20 Å². The van der Waals surface area contributed by atoms with Crippen LogP contribution in [0, 0.1) is 0 Å². The highest BCUT2D eigenvalue weighted by Crippen LogP contribution is 2.27. The SMILES string of the molecule is O=C(N[C@@H]1CCN(C(=O)c2csc3ccccc23)C1)c1cn[nH]c1. The molecule has 4 rings (SSSR count). The maximum Gasteiger partial charge on any atom is 0.255 e. The van der Waals surface area contributed by atoms with Gasteiger partial charge in [-0.15, -0.1) is 11.3 Å². The second-order valence-electron chi connectivity index (χ2n) is 5.84. The number of likely N-dealkylation sites (tertiary alicyclic amines) is 1. The van der Waals surface area contributed by atoms with Crippen LogP contribution >= 0.6 is 11.3 Å². The molecule has 0 bridgehead atoms. The quantitative estimate of drug-likeness (QED) is 0.768. The number of hydrogen-bond donors (Lipinski definition) is 2.